The van der Waals surface area contributed by atoms with E-state index in [1.165, 1.54) is 12.1 Å². The van der Waals surface area contributed by atoms with Gasteiger partial charge >= 0.3 is 6.18 Å². The number of hydrogen-bond donors (Lipinski definition) is 1. The van der Waals surface area contributed by atoms with Crippen molar-refractivity contribution in [2.75, 3.05) is 0 Å². The highest BCUT2D eigenvalue weighted by Gasteiger charge is 2.39. The van der Waals surface area contributed by atoms with Crippen molar-refractivity contribution in [3.8, 4) is 0 Å². The fraction of sp³-hybridized carbons (Fsp3) is 0.250. The van der Waals surface area contributed by atoms with Crippen LogP contribution in [0.15, 0.2) is 27.1 Å². The van der Waals surface area contributed by atoms with Gasteiger partial charge in [-0.25, -0.2) is 0 Å². The van der Waals surface area contributed by atoms with Crippen molar-refractivity contribution in [1.82, 2.24) is 0 Å². The fourth-order valence-electron chi connectivity index (χ4n) is 0.922. The molecule has 14 heavy (non-hydrogen) atoms. The molecule has 1 aromatic carbocycles. The molecule has 1 nitrogen and oxygen atoms in total. The summed E-state index contributed by atoms with van der Waals surface area (Å²) in [7, 11) is 0. The number of rotatable bonds is 1. The third-order valence-corrected chi connectivity index (χ3v) is 2.43. The largest absolute Gasteiger partial charge is 0.418 e. The highest BCUT2D eigenvalue weighted by Crippen LogP contribution is 2.34. The van der Waals surface area contributed by atoms with Gasteiger partial charge in [0.25, 0.3) is 0 Å². The standard InChI is InChI=1S/C8H5Br2F3O/c9-5-1-4(2-6(10)3-5)7(14)8(11,12)13/h1-3,7,14H/t7-/m0/s1. The molecule has 1 N–H and O–H groups in total. The van der Waals surface area contributed by atoms with E-state index in [0.717, 1.165) is 0 Å². The van der Waals surface area contributed by atoms with Crippen molar-refractivity contribution in [3.05, 3.63) is 32.7 Å². The molecule has 0 aliphatic heterocycles. The van der Waals surface area contributed by atoms with Crippen LogP contribution in [0.1, 0.15) is 11.7 Å². The molecule has 0 aromatic heterocycles. The molecular formula is C8H5Br2F3O. The second kappa shape index (κ2) is 4.20. The molecule has 0 aliphatic rings. The zero-order valence-corrected chi connectivity index (χ0v) is 9.82. The van der Waals surface area contributed by atoms with Crippen LogP contribution in [0.5, 0.6) is 0 Å². The first-order valence-electron chi connectivity index (χ1n) is 3.51. The normalized spacial score (nSPS) is 14.1. The Bertz CT molecular complexity index is 318. The van der Waals surface area contributed by atoms with Crippen LogP contribution in [0.3, 0.4) is 0 Å². The lowest BCUT2D eigenvalue weighted by Crippen LogP contribution is -2.20. The Morgan fingerprint density at radius 1 is 1.07 bits per heavy atom. The van der Waals surface area contributed by atoms with Crippen molar-refractivity contribution in [2.45, 2.75) is 12.3 Å². The molecule has 0 unspecified atom stereocenters. The molecular weight excluding hydrogens is 329 g/mol. The Hall–Kier alpha value is -0.0700. The van der Waals surface area contributed by atoms with Crippen LogP contribution >= 0.6 is 31.9 Å². The third kappa shape index (κ3) is 2.96. The van der Waals surface area contributed by atoms with Crippen molar-refractivity contribution >= 4 is 31.9 Å². The van der Waals surface area contributed by atoms with Gasteiger partial charge in [-0.3, -0.25) is 0 Å². The molecule has 1 aromatic rings. The molecule has 1 rings (SSSR count). The smallest absolute Gasteiger partial charge is 0.379 e. The van der Waals surface area contributed by atoms with E-state index >= 15 is 0 Å². The lowest BCUT2D eigenvalue weighted by Gasteiger charge is -2.15. The minimum atomic E-state index is -4.64. The molecule has 0 saturated carbocycles. The van der Waals surface area contributed by atoms with Crippen molar-refractivity contribution in [2.24, 2.45) is 0 Å². The SMILES string of the molecule is O[C@@H](c1cc(Br)cc(Br)c1)C(F)(F)F. The molecule has 0 saturated heterocycles. The summed E-state index contributed by atoms with van der Waals surface area (Å²) in [5.74, 6) is 0. The van der Waals surface area contributed by atoms with Crippen LogP contribution < -0.4 is 0 Å². The minimum Gasteiger partial charge on any atom is -0.379 e. The molecule has 0 fully saturated rings. The number of alkyl halides is 3. The summed E-state index contributed by atoms with van der Waals surface area (Å²) in [4.78, 5) is 0. The van der Waals surface area contributed by atoms with Gasteiger partial charge < -0.3 is 5.11 Å². The molecule has 78 valence electrons. The Morgan fingerprint density at radius 3 is 1.86 bits per heavy atom. The van der Waals surface area contributed by atoms with E-state index in [9.17, 15) is 13.2 Å². The second-order valence-electron chi connectivity index (χ2n) is 2.65. The monoisotopic (exact) mass is 332 g/mol. The predicted molar refractivity (Wildman–Crippen MR) is 52.9 cm³/mol. The minimum absolute atomic E-state index is 0.196. The van der Waals surface area contributed by atoms with Crippen LogP contribution in [0.25, 0.3) is 0 Å². The quantitative estimate of drug-likeness (QED) is 0.828. The van der Waals surface area contributed by atoms with Crippen molar-refractivity contribution in [3.63, 3.8) is 0 Å². The lowest BCUT2D eigenvalue weighted by atomic mass is 10.1. The first-order valence-corrected chi connectivity index (χ1v) is 5.10. The summed E-state index contributed by atoms with van der Waals surface area (Å²) >= 11 is 6.08. The lowest BCUT2D eigenvalue weighted by molar-refractivity contribution is -0.206. The molecule has 0 heterocycles. The van der Waals surface area contributed by atoms with E-state index < -0.39 is 12.3 Å². The van der Waals surface area contributed by atoms with Gasteiger partial charge in [0.2, 0.25) is 0 Å². The van der Waals surface area contributed by atoms with E-state index in [4.69, 9.17) is 5.11 Å². The Kier molecular flexibility index (Phi) is 3.60. The van der Waals surface area contributed by atoms with Gasteiger partial charge in [0.1, 0.15) is 0 Å². The molecule has 0 bridgehead atoms. The summed E-state index contributed by atoms with van der Waals surface area (Å²) in [5.41, 5.74) is -0.196. The summed E-state index contributed by atoms with van der Waals surface area (Å²) in [6.45, 7) is 0. The Balaban J connectivity index is 3.07. The number of halogens is 5. The fourth-order valence-corrected chi connectivity index (χ4v) is 2.25. The molecule has 0 aliphatic carbocycles. The Labute approximate surface area is 95.2 Å². The maximum Gasteiger partial charge on any atom is 0.418 e. The van der Waals surface area contributed by atoms with Gasteiger partial charge in [0.15, 0.2) is 6.10 Å². The van der Waals surface area contributed by atoms with Crippen molar-refractivity contribution < 1.29 is 18.3 Å². The zero-order valence-electron chi connectivity index (χ0n) is 6.65. The van der Waals surface area contributed by atoms with Crippen LogP contribution in [-0.4, -0.2) is 11.3 Å². The number of aliphatic hydroxyl groups excluding tert-OH is 1. The summed E-state index contributed by atoms with van der Waals surface area (Å²) in [6.07, 6.45) is -7.09. The van der Waals surface area contributed by atoms with Gasteiger partial charge in [-0.05, 0) is 23.8 Å². The van der Waals surface area contributed by atoms with Crippen molar-refractivity contribution in [1.29, 1.82) is 0 Å². The molecule has 1 atom stereocenters. The predicted octanol–water partition coefficient (Wildman–Crippen LogP) is 3.81. The van der Waals surface area contributed by atoms with E-state index in [2.05, 4.69) is 31.9 Å². The Morgan fingerprint density at radius 2 is 1.50 bits per heavy atom. The molecule has 0 spiro atoms. The van der Waals surface area contributed by atoms with Gasteiger partial charge in [0.05, 0.1) is 0 Å². The van der Waals surface area contributed by atoms with E-state index in [1.807, 2.05) is 0 Å². The van der Waals surface area contributed by atoms with Crippen LogP contribution in [0.2, 0.25) is 0 Å². The second-order valence-corrected chi connectivity index (χ2v) is 4.48. The third-order valence-electron chi connectivity index (χ3n) is 1.51. The van der Waals surface area contributed by atoms with E-state index in [-0.39, 0.29) is 5.56 Å². The zero-order chi connectivity index (χ0) is 10.9. The van der Waals surface area contributed by atoms with Crippen LogP contribution in [0.4, 0.5) is 13.2 Å². The molecule has 0 amide bonds. The number of benzene rings is 1. The van der Waals surface area contributed by atoms with Crippen LogP contribution in [0, 0.1) is 0 Å². The highest BCUT2D eigenvalue weighted by atomic mass is 79.9. The van der Waals surface area contributed by atoms with Gasteiger partial charge in [0, 0.05) is 8.95 Å². The average Bonchev–Trinajstić information content (AvgIpc) is 1.99. The maximum absolute atomic E-state index is 12.1. The highest BCUT2D eigenvalue weighted by molar-refractivity contribution is 9.11. The van der Waals surface area contributed by atoms with E-state index in [0.29, 0.717) is 8.95 Å². The number of aliphatic hydroxyl groups is 1. The topological polar surface area (TPSA) is 20.2 Å². The first-order chi connectivity index (χ1) is 6.30. The van der Waals surface area contributed by atoms with Crippen LogP contribution in [-0.2, 0) is 0 Å². The average molecular weight is 334 g/mol. The van der Waals surface area contributed by atoms with Gasteiger partial charge in [-0.15, -0.1) is 0 Å². The molecule has 0 radical (unpaired) electrons. The van der Waals surface area contributed by atoms with E-state index in [1.54, 1.807) is 6.07 Å². The summed E-state index contributed by atoms with van der Waals surface area (Å²) < 4.78 is 37.3. The summed E-state index contributed by atoms with van der Waals surface area (Å²) in [6, 6.07) is 4.04. The molecule has 6 heteroatoms. The first kappa shape index (κ1) is 12.0. The van der Waals surface area contributed by atoms with Gasteiger partial charge in [-0.1, -0.05) is 31.9 Å². The van der Waals surface area contributed by atoms with Gasteiger partial charge in [-0.2, -0.15) is 13.2 Å². The number of hydrogen-bond acceptors (Lipinski definition) is 1. The summed E-state index contributed by atoms with van der Waals surface area (Å²) in [5, 5.41) is 8.94. The maximum atomic E-state index is 12.1.